The molecule has 3 nitrogen and oxygen atoms in total. The van der Waals surface area contributed by atoms with Gasteiger partial charge in [0.2, 0.25) is 0 Å². The van der Waals surface area contributed by atoms with Crippen LogP contribution in [0.5, 0.6) is 0 Å². The molecule has 0 radical (unpaired) electrons. The standard InChI is InChI=1S/C8H11N3S/c12-8-10-4-7(5-11-8)6-1-2-9-3-6/h4-6,9H,1-3H2,(H,10,11,12). The van der Waals surface area contributed by atoms with Crippen LogP contribution in [0.2, 0.25) is 0 Å². The van der Waals surface area contributed by atoms with E-state index in [-0.39, 0.29) is 0 Å². The fraction of sp³-hybridized carbons (Fsp3) is 0.500. The molecular weight excluding hydrogens is 170 g/mol. The first-order valence-electron chi connectivity index (χ1n) is 4.11. The molecule has 1 unspecified atom stereocenters. The molecule has 2 heterocycles. The molecule has 2 rings (SSSR count). The molecule has 0 amide bonds. The zero-order valence-corrected chi connectivity index (χ0v) is 7.53. The van der Waals surface area contributed by atoms with Gasteiger partial charge in [-0.15, -0.1) is 0 Å². The lowest BCUT2D eigenvalue weighted by atomic mass is 10.0. The molecule has 1 saturated heterocycles. The van der Waals surface area contributed by atoms with Gasteiger partial charge in [-0.1, -0.05) is 0 Å². The van der Waals surface area contributed by atoms with Crippen molar-refractivity contribution in [2.75, 3.05) is 13.1 Å². The van der Waals surface area contributed by atoms with Gasteiger partial charge in [0.1, 0.15) is 0 Å². The predicted molar refractivity (Wildman–Crippen MR) is 49.6 cm³/mol. The van der Waals surface area contributed by atoms with Crippen LogP contribution in [0, 0.1) is 4.77 Å². The molecule has 0 saturated carbocycles. The summed E-state index contributed by atoms with van der Waals surface area (Å²) in [6.45, 7) is 2.17. The van der Waals surface area contributed by atoms with Crippen molar-refractivity contribution in [1.29, 1.82) is 0 Å². The van der Waals surface area contributed by atoms with Crippen molar-refractivity contribution in [3.05, 3.63) is 22.7 Å². The summed E-state index contributed by atoms with van der Waals surface area (Å²) in [5.41, 5.74) is 1.26. The van der Waals surface area contributed by atoms with Gasteiger partial charge < -0.3 is 10.3 Å². The molecule has 0 aromatic carbocycles. The maximum atomic E-state index is 4.86. The lowest BCUT2D eigenvalue weighted by Crippen LogP contribution is -2.08. The van der Waals surface area contributed by atoms with Crippen LogP contribution in [-0.4, -0.2) is 23.1 Å². The Balaban J connectivity index is 2.22. The molecular formula is C8H11N3S. The van der Waals surface area contributed by atoms with Crippen LogP contribution in [0.1, 0.15) is 17.9 Å². The van der Waals surface area contributed by atoms with Crippen LogP contribution in [0.3, 0.4) is 0 Å². The molecule has 1 fully saturated rings. The topological polar surface area (TPSA) is 40.7 Å². The molecule has 0 aliphatic carbocycles. The van der Waals surface area contributed by atoms with Crippen molar-refractivity contribution < 1.29 is 0 Å². The number of nitrogens with zero attached hydrogens (tertiary/aromatic N) is 1. The van der Waals surface area contributed by atoms with Crippen LogP contribution in [-0.2, 0) is 0 Å². The van der Waals surface area contributed by atoms with Crippen molar-refractivity contribution >= 4 is 12.2 Å². The number of aromatic nitrogens is 2. The van der Waals surface area contributed by atoms with Gasteiger partial charge in [-0.2, -0.15) is 0 Å². The Morgan fingerprint density at radius 1 is 1.58 bits per heavy atom. The molecule has 1 atom stereocenters. The second kappa shape index (κ2) is 3.33. The minimum Gasteiger partial charge on any atom is -0.337 e. The normalized spacial score (nSPS) is 22.8. The predicted octanol–water partition coefficient (Wildman–Crippen LogP) is 1.22. The van der Waals surface area contributed by atoms with Gasteiger partial charge >= 0.3 is 0 Å². The Kier molecular flexibility index (Phi) is 2.19. The number of H-pyrrole nitrogens is 1. The smallest absolute Gasteiger partial charge is 0.196 e. The molecule has 12 heavy (non-hydrogen) atoms. The first kappa shape index (κ1) is 7.89. The molecule has 1 aliphatic heterocycles. The lowest BCUT2D eigenvalue weighted by molar-refractivity contribution is 0.751. The third kappa shape index (κ3) is 1.54. The van der Waals surface area contributed by atoms with Crippen molar-refractivity contribution in [3.8, 4) is 0 Å². The summed E-state index contributed by atoms with van der Waals surface area (Å²) in [7, 11) is 0. The Bertz CT molecular complexity index is 294. The molecule has 1 aromatic heterocycles. The number of aromatic amines is 1. The highest BCUT2D eigenvalue weighted by Gasteiger charge is 2.16. The average Bonchev–Trinajstić information content (AvgIpc) is 2.58. The summed E-state index contributed by atoms with van der Waals surface area (Å²) >= 11 is 4.86. The Morgan fingerprint density at radius 2 is 2.50 bits per heavy atom. The van der Waals surface area contributed by atoms with Gasteiger partial charge in [-0.05, 0) is 30.7 Å². The van der Waals surface area contributed by atoms with E-state index in [0.29, 0.717) is 10.7 Å². The van der Waals surface area contributed by atoms with E-state index < -0.39 is 0 Å². The number of hydrogen-bond acceptors (Lipinski definition) is 3. The van der Waals surface area contributed by atoms with E-state index in [1.54, 1.807) is 0 Å². The van der Waals surface area contributed by atoms with E-state index in [2.05, 4.69) is 15.3 Å². The summed E-state index contributed by atoms with van der Waals surface area (Å²) < 4.78 is 0.560. The Hall–Kier alpha value is -0.740. The molecule has 1 aromatic rings. The summed E-state index contributed by atoms with van der Waals surface area (Å²) in [6, 6.07) is 0. The van der Waals surface area contributed by atoms with Gasteiger partial charge in [-0.25, -0.2) is 4.98 Å². The van der Waals surface area contributed by atoms with E-state index in [1.807, 2.05) is 12.4 Å². The highest BCUT2D eigenvalue weighted by Crippen LogP contribution is 2.19. The van der Waals surface area contributed by atoms with Gasteiger partial charge in [0.05, 0.1) is 0 Å². The van der Waals surface area contributed by atoms with E-state index in [0.717, 1.165) is 13.1 Å². The highest BCUT2D eigenvalue weighted by molar-refractivity contribution is 7.71. The molecule has 4 heteroatoms. The monoisotopic (exact) mass is 181 g/mol. The zero-order chi connectivity index (χ0) is 8.39. The third-order valence-corrected chi connectivity index (χ3v) is 2.45. The first-order valence-corrected chi connectivity index (χ1v) is 4.52. The van der Waals surface area contributed by atoms with Crippen LogP contribution in [0.4, 0.5) is 0 Å². The van der Waals surface area contributed by atoms with Gasteiger partial charge in [0.15, 0.2) is 4.77 Å². The summed E-state index contributed by atoms with van der Waals surface area (Å²) in [4.78, 5) is 7.01. The molecule has 0 bridgehead atoms. The second-order valence-corrected chi connectivity index (χ2v) is 3.43. The molecule has 0 spiro atoms. The average molecular weight is 181 g/mol. The summed E-state index contributed by atoms with van der Waals surface area (Å²) in [5.74, 6) is 0.615. The van der Waals surface area contributed by atoms with Gasteiger partial charge in [0.25, 0.3) is 0 Å². The Morgan fingerprint density at radius 3 is 3.08 bits per heavy atom. The fourth-order valence-electron chi connectivity index (χ4n) is 1.52. The molecule has 2 N–H and O–H groups in total. The van der Waals surface area contributed by atoms with Crippen LogP contribution >= 0.6 is 12.2 Å². The number of nitrogens with one attached hydrogen (secondary N) is 2. The largest absolute Gasteiger partial charge is 0.337 e. The van der Waals surface area contributed by atoms with Crippen molar-refractivity contribution in [2.45, 2.75) is 12.3 Å². The van der Waals surface area contributed by atoms with E-state index in [1.165, 1.54) is 12.0 Å². The van der Waals surface area contributed by atoms with E-state index in [4.69, 9.17) is 12.2 Å². The SMILES string of the molecule is S=c1ncc(C2CCNC2)c[nH]1. The van der Waals surface area contributed by atoms with Crippen LogP contribution < -0.4 is 5.32 Å². The maximum absolute atomic E-state index is 4.86. The zero-order valence-electron chi connectivity index (χ0n) is 6.71. The van der Waals surface area contributed by atoms with Crippen molar-refractivity contribution in [2.24, 2.45) is 0 Å². The van der Waals surface area contributed by atoms with Crippen LogP contribution in [0.25, 0.3) is 0 Å². The van der Waals surface area contributed by atoms with E-state index in [9.17, 15) is 0 Å². The summed E-state index contributed by atoms with van der Waals surface area (Å²) in [5, 5.41) is 3.32. The summed E-state index contributed by atoms with van der Waals surface area (Å²) in [6.07, 6.45) is 5.04. The molecule has 64 valence electrons. The number of hydrogen-bond donors (Lipinski definition) is 2. The molecule has 1 aliphatic rings. The quantitative estimate of drug-likeness (QED) is 0.640. The maximum Gasteiger partial charge on any atom is 0.196 e. The second-order valence-electron chi connectivity index (χ2n) is 3.04. The minimum absolute atomic E-state index is 0.560. The van der Waals surface area contributed by atoms with Gasteiger partial charge in [0, 0.05) is 24.9 Å². The first-order chi connectivity index (χ1) is 5.86. The highest BCUT2D eigenvalue weighted by atomic mass is 32.1. The van der Waals surface area contributed by atoms with Crippen molar-refractivity contribution in [1.82, 2.24) is 15.3 Å². The van der Waals surface area contributed by atoms with Gasteiger partial charge in [-0.3, -0.25) is 0 Å². The minimum atomic E-state index is 0.560. The fourth-order valence-corrected chi connectivity index (χ4v) is 1.63. The van der Waals surface area contributed by atoms with E-state index >= 15 is 0 Å². The third-order valence-electron chi connectivity index (χ3n) is 2.22. The Labute approximate surface area is 76.2 Å². The lowest BCUT2D eigenvalue weighted by Gasteiger charge is -2.06. The van der Waals surface area contributed by atoms with Crippen LogP contribution in [0.15, 0.2) is 12.4 Å². The number of rotatable bonds is 1. The van der Waals surface area contributed by atoms with Crippen molar-refractivity contribution in [3.63, 3.8) is 0 Å².